The molecule has 0 radical (unpaired) electrons. The lowest BCUT2D eigenvalue weighted by Gasteiger charge is -2.11. The van der Waals surface area contributed by atoms with Crippen LogP contribution < -0.4 is 10.6 Å². The Morgan fingerprint density at radius 1 is 1.11 bits per heavy atom. The monoisotopic (exact) mass is 313 g/mol. The van der Waals surface area contributed by atoms with Gasteiger partial charge in [0.15, 0.2) is 5.82 Å². The molecule has 1 aromatic heterocycles. The van der Waals surface area contributed by atoms with Crippen LogP contribution in [0.2, 0.25) is 10.0 Å². The van der Waals surface area contributed by atoms with Crippen molar-refractivity contribution in [2.45, 2.75) is 4.90 Å². The van der Waals surface area contributed by atoms with E-state index in [1.165, 1.54) is 4.90 Å². The maximum atomic E-state index is 6.14. The first-order valence-electron chi connectivity index (χ1n) is 5.59. The second-order valence-corrected chi connectivity index (χ2v) is 5.45. The topological polar surface area (TPSA) is 37.0 Å². The van der Waals surface area contributed by atoms with Crippen LogP contribution in [0.15, 0.2) is 35.2 Å². The molecule has 0 spiro atoms. The van der Waals surface area contributed by atoms with Gasteiger partial charge in [0.1, 0.15) is 5.82 Å². The van der Waals surface area contributed by atoms with Crippen LogP contribution in [0, 0.1) is 0 Å². The number of halogens is 2. The van der Waals surface area contributed by atoms with Crippen molar-refractivity contribution >= 4 is 52.3 Å². The van der Waals surface area contributed by atoms with Gasteiger partial charge in [-0.3, -0.25) is 0 Å². The third-order valence-electron chi connectivity index (χ3n) is 2.50. The van der Waals surface area contributed by atoms with E-state index in [1.54, 1.807) is 24.9 Å². The minimum absolute atomic E-state index is 0.485. The SMILES string of the molecule is CNc1nc(Nc2cccc(SC)c2)c(Cl)cc1Cl. The number of pyridine rings is 1. The Hall–Kier alpha value is -1.10. The van der Waals surface area contributed by atoms with Gasteiger partial charge in [0, 0.05) is 17.6 Å². The van der Waals surface area contributed by atoms with Crippen LogP contribution in [0.3, 0.4) is 0 Å². The average molecular weight is 314 g/mol. The van der Waals surface area contributed by atoms with E-state index in [4.69, 9.17) is 23.2 Å². The molecule has 2 aromatic rings. The summed E-state index contributed by atoms with van der Waals surface area (Å²) in [5, 5.41) is 7.10. The number of rotatable bonds is 4. The highest BCUT2D eigenvalue weighted by Gasteiger charge is 2.08. The Kier molecular flexibility index (Phi) is 4.80. The van der Waals surface area contributed by atoms with Crippen LogP contribution in [0.1, 0.15) is 0 Å². The summed E-state index contributed by atoms with van der Waals surface area (Å²) in [6.07, 6.45) is 2.03. The van der Waals surface area contributed by atoms with Gasteiger partial charge in [0.2, 0.25) is 0 Å². The van der Waals surface area contributed by atoms with Crippen molar-refractivity contribution in [2.24, 2.45) is 0 Å². The molecule has 2 N–H and O–H groups in total. The van der Waals surface area contributed by atoms with Crippen molar-refractivity contribution < 1.29 is 0 Å². The molecule has 0 saturated heterocycles. The quantitative estimate of drug-likeness (QED) is 0.787. The maximum Gasteiger partial charge on any atom is 0.151 e. The number of hydrogen-bond donors (Lipinski definition) is 2. The van der Waals surface area contributed by atoms with Gasteiger partial charge in [-0.05, 0) is 30.5 Å². The molecule has 0 atom stereocenters. The zero-order valence-corrected chi connectivity index (χ0v) is 12.8. The first-order valence-corrected chi connectivity index (χ1v) is 7.57. The van der Waals surface area contributed by atoms with Crippen molar-refractivity contribution in [3.63, 3.8) is 0 Å². The summed E-state index contributed by atoms with van der Waals surface area (Å²) in [5.41, 5.74) is 0.936. The first kappa shape index (κ1) is 14.3. The predicted molar refractivity (Wildman–Crippen MR) is 85.3 cm³/mol. The molecule has 1 aromatic carbocycles. The van der Waals surface area contributed by atoms with E-state index < -0.39 is 0 Å². The van der Waals surface area contributed by atoms with Gasteiger partial charge in [-0.15, -0.1) is 11.8 Å². The van der Waals surface area contributed by atoms with E-state index in [-0.39, 0.29) is 0 Å². The first-order chi connectivity index (χ1) is 9.13. The lowest BCUT2D eigenvalue weighted by Crippen LogP contribution is -1.99. The van der Waals surface area contributed by atoms with E-state index in [0.717, 1.165) is 5.69 Å². The molecule has 100 valence electrons. The minimum atomic E-state index is 0.485. The van der Waals surface area contributed by atoms with Crippen LogP contribution in [0.5, 0.6) is 0 Å². The molecule has 0 unspecified atom stereocenters. The van der Waals surface area contributed by atoms with Crippen LogP contribution >= 0.6 is 35.0 Å². The van der Waals surface area contributed by atoms with E-state index in [9.17, 15) is 0 Å². The Bertz CT molecular complexity index is 590. The van der Waals surface area contributed by atoms with E-state index >= 15 is 0 Å². The van der Waals surface area contributed by atoms with Gasteiger partial charge in [0.25, 0.3) is 0 Å². The van der Waals surface area contributed by atoms with E-state index in [1.807, 2.05) is 30.5 Å². The fourth-order valence-corrected chi connectivity index (χ4v) is 2.53. The summed E-state index contributed by atoms with van der Waals surface area (Å²) >= 11 is 13.8. The normalized spacial score (nSPS) is 10.3. The zero-order chi connectivity index (χ0) is 13.8. The van der Waals surface area contributed by atoms with Gasteiger partial charge in [-0.25, -0.2) is 4.98 Å². The summed E-state index contributed by atoms with van der Waals surface area (Å²) in [6.45, 7) is 0. The molecule has 0 saturated carbocycles. The highest BCUT2D eigenvalue weighted by atomic mass is 35.5. The third kappa shape index (κ3) is 3.47. The van der Waals surface area contributed by atoms with Gasteiger partial charge in [-0.2, -0.15) is 0 Å². The third-order valence-corrected chi connectivity index (χ3v) is 3.80. The minimum Gasteiger partial charge on any atom is -0.372 e. The van der Waals surface area contributed by atoms with Crippen molar-refractivity contribution in [3.05, 3.63) is 40.4 Å². The van der Waals surface area contributed by atoms with E-state index in [0.29, 0.717) is 21.7 Å². The predicted octanol–water partition coefficient (Wildman–Crippen LogP) is 4.90. The van der Waals surface area contributed by atoms with Crippen molar-refractivity contribution in [3.8, 4) is 0 Å². The lowest BCUT2D eigenvalue weighted by molar-refractivity contribution is 1.27. The molecule has 3 nitrogen and oxygen atoms in total. The number of nitrogens with zero attached hydrogens (tertiary/aromatic N) is 1. The largest absolute Gasteiger partial charge is 0.372 e. The molecule has 2 rings (SSSR count). The Labute approximate surface area is 126 Å². The molecule has 19 heavy (non-hydrogen) atoms. The number of aromatic nitrogens is 1. The Balaban J connectivity index is 2.32. The molecular weight excluding hydrogens is 301 g/mol. The fourth-order valence-electron chi connectivity index (χ4n) is 1.57. The van der Waals surface area contributed by atoms with Crippen LogP contribution in [0.25, 0.3) is 0 Å². The maximum absolute atomic E-state index is 6.14. The summed E-state index contributed by atoms with van der Waals surface area (Å²) in [7, 11) is 1.76. The lowest BCUT2D eigenvalue weighted by atomic mass is 10.3. The number of anilines is 3. The second kappa shape index (κ2) is 6.37. The van der Waals surface area contributed by atoms with Crippen molar-refractivity contribution in [1.82, 2.24) is 4.98 Å². The van der Waals surface area contributed by atoms with Gasteiger partial charge >= 0.3 is 0 Å². The fraction of sp³-hybridized carbons (Fsp3) is 0.154. The smallest absolute Gasteiger partial charge is 0.151 e. The second-order valence-electron chi connectivity index (χ2n) is 3.76. The Morgan fingerprint density at radius 2 is 1.84 bits per heavy atom. The highest BCUT2D eigenvalue weighted by molar-refractivity contribution is 7.98. The van der Waals surface area contributed by atoms with E-state index in [2.05, 4.69) is 15.6 Å². The standard InChI is InChI=1S/C13H13Cl2N3S/c1-16-12-10(14)7-11(15)13(18-12)17-8-4-3-5-9(6-8)19-2/h3-7H,1-2H3,(H2,16,17,18). The number of benzene rings is 1. The number of thioether (sulfide) groups is 1. The molecule has 0 amide bonds. The number of hydrogen-bond acceptors (Lipinski definition) is 4. The molecule has 0 fully saturated rings. The van der Waals surface area contributed by atoms with Gasteiger partial charge < -0.3 is 10.6 Å². The summed E-state index contributed by atoms with van der Waals surface area (Å²) in [6, 6.07) is 9.70. The molecule has 0 bridgehead atoms. The summed E-state index contributed by atoms with van der Waals surface area (Å²) in [5.74, 6) is 1.17. The van der Waals surface area contributed by atoms with Crippen LogP contribution in [-0.4, -0.2) is 18.3 Å². The van der Waals surface area contributed by atoms with Gasteiger partial charge in [0.05, 0.1) is 10.0 Å². The molecule has 1 heterocycles. The van der Waals surface area contributed by atoms with Crippen molar-refractivity contribution in [1.29, 1.82) is 0 Å². The Morgan fingerprint density at radius 3 is 2.53 bits per heavy atom. The molecule has 6 heteroatoms. The zero-order valence-electron chi connectivity index (χ0n) is 10.5. The van der Waals surface area contributed by atoms with Crippen LogP contribution in [-0.2, 0) is 0 Å². The van der Waals surface area contributed by atoms with Crippen LogP contribution in [0.4, 0.5) is 17.3 Å². The summed E-state index contributed by atoms with van der Waals surface area (Å²) in [4.78, 5) is 5.52. The van der Waals surface area contributed by atoms with Crippen molar-refractivity contribution in [2.75, 3.05) is 23.9 Å². The molecular formula is C13H13Cl2N3S. The van der Waals surface area contributed by atoms with Gasteiger partial charge in [-0.1, -0.05) is 29.3 Å². The average Bonchev–Trinajstić information content (AvgIpc) is 2.42. The molecule has 0 aliphatic heterocycles. The number of nitrogens with one attached hydrogen (secondary N) is 2. The molecule has 0 aliphatic carbocycles. The highest BCUT2D eigenvalue weighted by Crippen LogP contribution is 2.31. The summed E-state index contributed by atoms with van der Waals surface area (Å²) < 4.78 is 0. The molecule has 0 aliphatic rings.